The molecule has 0 N–H and O–H groups in total. The van der Waals surface area contributed by atoms with E-state index >= 15 is 0 Å². The van der Waals surface area contributed by atoms with Crippen molar-refractivity contribution < 1.29 is 13.2 Å². The fourth-order valence-electron chi connectivity index (χ4n) is 2.26. The number of rotatable bonds is 5. The first kappa shape index (κ1) is 15.3. The van der Waals surface area contributed by atoms with Crippen LogP contribution in [0.2, 0.25) is 0 Å². The smallest absolute Gasteiger partial charge is 0.206 e. The molecule has 3 aromatic rings. The van der Waals surface area contributed by atoms with E-state index in [0.29, 0.717) is 12.3 Å². The summed E-state index contributed by atoms with van der Waals surface area (Å²) >= 11 is 0. The monoisotopic (exact) mass is 328 g/mol. The van der Waals surface area contributed by atoms with E-state index in [1.54, 1.807) is 53.3 Å². The third-order valence-electron chi connectivity index (χ3n) is 3.49. The summed E-state index contributed by atoms with van der Waals surface area (Å²) in [5.74, 6) is 0.515. The van der Waals surface area contributed by atoms with Crippen LogP contribution in [0, 0.1) is 0 Å². The molecule has 0 radical (unpaired) electrons. The van der Waals surface area contributed by atoms with Crippen molar-refractivity contribution in [3.05, 3.63) is 72.6 Å². The quantitative estimate of drug-likeness (QED) is 0.722. The largest absolute Gasteiger partial charge is 0.497 e. The van der Waals surface area contributed by atoms with Gasteiger partial charge in [-0.25, -0.2) is 8.42 Å². The number of ether oxygens (including phenoxy) is 1. The van der Waals surface area contributed by atoms with Crippen molar-refractivity contribution in [3.8, 4) is 5.75 Å². The summed E-state index contributed by atoms with van der Waals surface area (Å²) in [4.78, 5) is 0.478. The fourth-order valence-corrected chi connectivity index (χ4v) is 3.56. The maximum absolute atomic E-state index is 12.7. The first-order chi connectivity index (χ1) is 11.1. The molecule has 0 bridgehead atoms. The Morgan fingerprint density at radius 1 is 1.04 bits per heavy atom. The zero-order chi connectivity index (χ0) is 16.3. The number of nitrogens with zero attached hydrogens (tertiary/aromatic N) is 2. The van der Waals surface area contributed by atoms with E-state index in [-0.39, 0.29) is 9.79 Å². The lowest BCUT2D eigenvalue weighted by atomic mass is 10.2. The predicted octanol–water partition coefficient (Wildman–Crippen LogP) is 2.77. The van der Waals surface area contributed by atoms with Crippen molar-refractivity contribution in [1.29, 1.82) is 0 Å². The molecule has 3 rings (SSSR count). The lowest BCUT2D eigenvalue weighted by Crippen LogP contribution is -2.04. The van der Waals surface area contributed by atoms with Gasteiger partial charge in [0.25, 0.3) is 0 Å². The standard InChI is InChI=1S/C17H16N2O3S/c1-22-15-4-2-5-17(12-15)23(20,21)16-8-6-14(7-9-16)13-19-11-3-10-18-19/h2-12H,13H2,1H3. The minimum atomic E-state index is -3.55. The molecule has 1 aromatic heterocycles. The average molecular weight is 328 g/mol. The molecule has 118 valence electrons. The van der Waals surface area contributed by atoms with Gasteiger partial charge in [-0.05, 0) is 42.0 Å². The summed E-state index contributed by atoms with van der Waals surface area (Å²) < 4.78 is 32.2. The molecule has 0 saturated heterocycles. The highest BCUT2D eigenvalue weighted by atomic mass is 32.2. The molecule has 5 nitrogen and oxygen atoms in total. The van der Waals surface area contributed by atoms with Crippen molar-refractivity contribution in [2.75, 3.05) is 7.11 Å². The molecule has 0 spiro atoms. The summed E-state index contributed by atoms with van der Waals surface area (Å²) in [6.07, 6.45) is 3.57. The van der Waals surface area contributed by atoms with Crippen molar-refractivity contribution in [2.24, 2.45) is 0 Å². The predicted molar refractivity (Wildman–Crippen MR) is 86.2 cm³/mol. The van der Waals surface area contributed by atoms with E-state index in [9.17, 15) is 8.42 Å². The summed E-state index contributed by atoms with van der Waals surface area (Å²) in [5.41, 5.74) is 0.985. The highest BCUT2D eigenvalue weighted by molar-refractivity contribution is 7.91. The van der Waals surface area contributed by atoms with Crippen molar-refractivity contribution >= 4 is 9.84 Å². The van der Waals surface area contributed by atoms with Gasteiger partial charge in [0.1, 0.15) is 5.75 Å². The van der Waals surface area contributed by atoms with Crippen molar-refractivity contribution in [1.82, 2.24) is 9.78 Å². The third kappa shape index (κ3) is 3.27. The number of methoxy groups -OCH3 is 1. The molecule has 1 heterocycles. The van der Waals surface area contributed by atoms with E-state index in [2.05, 4.69) is 5.10 Å². The second-order valence-corrected chi connectivity index (χ2v) is 6.98. The van der Waals surface area contributed by atoms with Gasteiger partial charge < -0.3 is 4.74 Å². The van der Waals surface area contributed by atoms with Crippen LogP contribution >= 0.6 is 0 Å². The maximum Gasteiger partial charge on any atom is 0.206 e. The first-order valence-electron chi connectivity index (χ1n) is 7.05. The Morgan fingerprint density at radius 2 is 1.83 bits per heavy atom. The average Bonchev–Trinajstić information content (AvgIpc) is 3.08. The lowest BCUT2D eigenvalue weighted by molar-refractivity contribution is 0.413. The van der Waals surface area contributed by atoms with Crippen LogP contribution in [0.1, 0.15) is 5.56 Å². The second-order valence-electron chi connectivity index (χ2n) is 5.03. The zero-order valence-electron chi connectivity index (χ0n) is 12.6. The number of aromatic nitrogens is 2. The molecular weight excluding hydrogens is 312 g/mol. The Balaban J connectivity index is 1.88. The first-order valence-corrected chi connectivity index (χ1v) is 8.53. The van der Waals surface area contributed by atoms with Crippen LogP contribution in [0.15, 0.2) is 76.8 Å². The van der Waals surface area contributed by atoms with Crippen LogP contribution in [0.5, 0.6) is 5.75 Å². The minimum Gasteiger partial charge on any atom is -0.497 e. The molecule has 6 heteroatoms. The summed E-state index contributed by atoms with van der Waals surface area (Å²) in [5, 5.41) is 4.13. The molecule has 23 heavy (non-hydrogen) atoms. The van der Waals surface area contributed by atoms with Crippen molar-refractivity contribution in [3.63, 3.8) is 0 Å². The number of hydrogen-bond donors (Lipinski definition) is 0. The summed E-state index contributed by atoms with van der Waals surface area (Å²) in [6, 6.07) is 15.2. The van der Waals surface area contributed by atoms with Crippen LogP contribution in [0.25, 0.3) is 0 Å². The van der Waals surface area contributed by atoms with Crippen molar-refractivity contribution in [2.45, 2.75) is 16.3 Å². The molecule has 0 aliphatic heterocycles. The molecular formula is C17H16N2O3S. The fraction of sp³-hybridized carbons (Fsp3) is 0.118. The molecule has 0 aliphatic rings. The molecule has 0 aliphatic carbocycles. The zero-order valence-corrected chi connectivity index (χ0v) is 13.4. The van der Waals surface area contributed by atoms with Crippen LogP contribution in [0.4, 0.5) is 0 Å². The van der Waals surface area contributed by atoms with E-state index in [1.165, 1.54) is 13.2 Å². The van der Waals surface area contributed by atoms with Crippen LogP contribution in [-0.2, 0) is 16.4 Å². The lowest BCUT2D eigenvalue weighted by Gasteiger charge is -2.08. The highest BCUT2D eigenvalue weighted by Gasteiger charge is 2.18. The van der Waals surface area contributed by atoms with Crippen LogP contribution in [-0.4, -0.2) is 25.3 Å². The van der Waals surface area contributed by atoms with Gasteiger partial charge >= 0.3 is 0 Å². The Bertz CT molecular complexity index is 886. The normalized spacial score (nSPS) is 11.3. The Kier molecular flexibility index (Phi) is 4.16. The third-order valence-corrected chi connectivity index (χ3v) is 5.26. The second kappa shape index (κ2) is 6.26. The molecule has 0 amide bonds. The van der Waals surface area contributed by atoms with Gasteiger partial charge in [0.2, 0.25) is 9.84 Å². The van der Waals surface area contributed by atoms with Gasteiger partial charge in [0.05, 0.1) is 23.4 Å². The highest BCUT2D eigenvalue weighted by Crippen LogP contribution is 2.24. The topological polar surface area (TPSA) is 61.2 Å². The van der Waals surface area contributed by atoms with Gasteiger partial charge in [-0.1, -0.05) is 18.2 Å². The van der Waals surface area contributed by atoms with Crippen LogP contribution < -0.4 is 4.74 Å². The van der Waals surface area contributed by atoms with Gasteiger partial charge in [0.15, 0.2) is 0 Å². The number of hydrogen-bond acceptors (Lipinski definition) is 4. The van der Waals surface area contributed by atoms with Gasteiger partial charge in [-0.3, -0.25) is 4.68 Å². The summed E-state index contributed by atoms with van der Waals surface area (Å²) in [7, 11) is -2.04. The molecule has 0 saturated carbocycles. The Morgan fingerprint density at radius 3 is 2.48 bits per heavy atom. The molecule has 0 atom stereocenters. The Hall–Kier alpha value is -2.60. The number of benzene rings is 2. The van der Waals surface area contributed by atoms with Gasteiger partial charge in [-0.2, -0.15) is 5.10 Å². The number of sulfone groups is 1. The van der Waals surface area contributed by atoms with E-state index in [1.807, 2.05) is 12.3 Å². The van der Waals surface area contributed by atoms with Gasteiger partial charge in [0, 0.05) is 12.4 Å². The molecule has 0 unspecified atom stereocenters. The van der Waals surface area contributed by atoms with Crippen LogP contribution in [0.3, 0.4) is 0 Å². The molecule has 0 fully saturated rings. The maximum atomic E-state index is 12.7. The summed E-state index contributed by atoms with van der Waals surface area (Å²) in [6.45, 7) is 0.604. The minimum absolute atomic E-state index is 0.219. The Labute approximate surface area is 135 Å². The van der Waals surface area contributed by atoms with Gasteiger partial charge in [-0.15, -0.1) is 0 Å². The van der Waals surface area contributed by atoms with E-state index in [0.717, 1.165) is 5.56 Å². The van der Waals surface area contributed by atoms with E-state index < -0.39 is 9.84 Å². The SMILES string of the molecule is COc1cccc(S(=O)(=O)c2ccc(Cn3cccn3)cc2)c1. The van der Waals surface area contributed by atoms with E-state index in [4.69, 9.17) is 4.74 Å². The molecule has 2 aromatic carbocycles.